The molecule has 2 N–H and O–H groups in total. The fourth-order valence-corrected chi connectivity index (χ4v) is 2.92. The number of nitrogens with one attached hydrogen (secondary N) is 1. The number of carbonyl (C=O) groups excluding carboxylic acids is 1. The number of hydrogen-bond acceptors (Lipinski definition) is 3. The number of carboxylic acid groups (broad SMARTS) is 1. The summed E-state index contributed by atoms with van der Waals surface area (Å²) in [4.78, 5) is 24.4. The van der Waals surface area contributed by atoms with E-state index < -0.39 is 5.97 Å². The Morgan fingerprint density at radius 2 is 2.00 bits per heavy atom. The Morgan fingerprint density at radius 1 is 1.32 bits per heavy atom. The van der Waals surface area contributed by atoms with Crippen LogP contribution in [0.2, 0.25) is 0 Å². The molecule has 19 heavy (non-hydrogen) atoms. The number of likely N-dealkylation sites (N-methyl/N-ethyl adjacent to an activating group) is 1. The summed E-state index contributed by atoms with van der Waals surface area (Å²) >= 11 is 0. The molecule has 0 aromatic heterocycles. The average Bonchev–Trinajstić information content (AvgIpc) is 2.25. The van der Waals surface area contributed by atoms with Gasteiger partial charge in [-0.25, -0.2) is 0 Å². The van der Waals surface area contributed by atoms with Crippen molar-refractivity contribution in [1.29, 1.82) is 0 Å². The lowest BCUT2D eigenvalue weighted by Gasteiger charge is -2.42. The van der Waals surface area contributed by atoms with Gasteiger partial charge in [0, 0.05) is 18.5 Å². The van der Waals surface area contributed by atoms with E-state index in [4.69, 9.17) is 5.11 Å². The number of carbonyl (C=O) groups is 2. The van der Waals surface area contributed by atoms with Crippen LogP contribution < -0.4 is 5.32 Å². The fraction of sp³-hybridized carbons (Fsp3) is 0.857. The van der Waals surface area contributed by atoms with E-state index in [-0.39, 0.29) is 18.5 Å². The Kier molecular flexibility index (Phi) is 4.80. The highest BCUT2D eigenvalue weighted by atomic mass is 16.4. The molecule has 2 aliphatic carbocycles. The minimum Gasteiger partial charge on any atom is -0.480 e. The SMILES string of the molecule is CCN(CC(=O)O)C1CC(NC(=O)CC2CCC2)C1. The lowest BCUT2D eigenvalue weighted by Crippen LogP contribution is -2.55. The first-order valence-electron chi connectivity index (χ1n) is 7.33. The summed E-state index contributed by atoms with van der Waals surface area (Å²) in [6, 6.07) is 0.565. The molecule has 0 aromatic rings. The number of aliphatic carboxylic acids is 1. The van der Waals surface area contributed by atoms with Gasteiger partial charge in [-0.3, -0.25) is 14.5 Å². The lowest BCUT2D eigenvalue weighted by molar-refractivity contribution is -0.139. The van der Waals surface area contributed by atoms with E-state index in [1.165, 1.54) is 19.3 Å². The van der Waals surface area contributed by atoms with Gasteiger partial charge in [0.25, 0.3) is 0 Å². The van der Waals surface area contributed by atoms with Gasteiger partial charge in [0.2, 0.25) is 5.91 Å². The third-order valence-electron chi connectivity index (χ3n) is 4.44. The van der Waals surface area contributed by atoms with Gasteiger partial charge >= 0.3 is 5.97 Å². The van der Waals surface area contributed by atoms with Crippen LogP contribution in [0.5, 0.6) is 0 Å². The summed E-state index contributed by atoms with van der Waals surface area (Å²) in [5.41, 5.74) is 0. The molecule has 0 bridgehead atoms. The molecule has 0 unspecified atom stereocenters. The smallest absolute Gasteiger partial charge is 0.317 e. The van der Waals surface area contributed by atoms with Gasteiger partial charge in [-0.1, -0.05) is 13.3 Å². The molecule has 0 heterocycles. The molecule has 2 fully saturated rings. The molecule has 108 valence electrons. The van der Waals surface area contributed by atoms with Crippen LogP contribution in [0.4, 0.5) is 0 Å². The van der Waals surface area contributed by atoms with E-state index in [9.17, 15) is 9.59 Å². The topological polar surface area (TPSA) is 69.6 Å². The third kappa shape index (κ3) is 3.93. The molecular formula is C14H24N2O3. The van der Waals surface area contributed by atoms with Crippen molar-refractivity contribution in [2.24, 2.45) is 5.92 Å². The van der Waals surface area contributed by atoms with Crippen molar-refractivity contribution in [1.82, 2.24) is 10.2 Å². The van der Waals surface area contributed by atoms with Crippen LogP contribution in [0.25, 0.3) is 0 Å². The highest BCUT2D eigenvalue weighted by Crippen LogP contribution is 2.30. The summed E-state index contributed by atoms with van der Waals surface area (Å²) in [5, 5.41) is 11.9. The predicted octanol–water partition coefficient (Wildman–Crippen LogP) is 1.23. The predicted molar refractivity (Wildman–Crippen MR) is 71.8 cm³/mol. The lowest BCUT2D eigenvalue weighted by atomic mass is 9.82. The van der Waals surface area contributed by atoms with Crippen molar-refractivity contribution in [3.05, 3.63) is 0 Å². The van der Waals surface area contributed by atoms with E-state index in [1.54, 1.807) is 0 Å². The first-order chi connectivity index (χ1) is 9.08. The van der Waals surface area contributed by atoms with Crippen molar-refractivity contribution in [3.8, 4) is 0 Å². The molecule has 0 spiro atoms. The standard InChI is InChI=1S/C14H24N2O3/c1-2-16(9-14(18)19)12-7-11(8-12)15-13(17)6-10-4-3-5-10/h10-12H,2-9H2,1H3,(H,15,17)(H,18,19). The third-order valence-corrected chi connectivity index (χ3v) is 4.44. The van der Waals surface area contributed by atoms with Crippen LogP contribution in [0, 0.1) is 5.92 Å². The Bertz CT molecular complexity index is 336. The molecule has 0 atom stereocenters. The van der Waals surface area contributed by atoms with Crippen LogP contribution in [0.3, 0.4) is 0 Å². The molecule has 0 radical (unpaired) electrons. The maximum atomic E-state index is 11.8. The normalized spacial score (nSPS) is 26.6. The van der Waals surface area contributed by atoms with Gasteiger partial charge in [0.1, 0.15) is 0 Å². The van der Waals surface area contributed by atoms with Crippen molar-refractivity contribution >= 4 is 11.9 Å². The summed E-state index contributed by atoms with van der Waals surface area (Å²) in [6.07, 6.45) is 6.11. The van der Waals surface area contributed by atoms with Crippen LogP contribution in [0.1, 0.15) is 45.4 Å². The van der Waals surface area contributed by atoms with Crippen LogP contribution in [0.15, 0.2) is 0 Å². The highest BCUT2D eigenvalue weighted by molar-refractivity contribution is 5.76. The quantitative estimate of drug-likeness (QED) is 0.728. The number of rotatable bonds is 7. The Balaban J connectivity index is 1.64. The maximum Gasteiger partial charge on any atom is 0.317 e. The molecule has 0 saturated heterocycles. The highest BCUT2D eigenvalue weighted by Gasteiger charge is 2.35. The Morgan fingerprint density at radius 3 is 2.47 bits per heavy atom. The zero-order valence-electron chi connectivity index (χ0n) is 11.6. The minimum absolute atomic E-state index is 0.101. The van der Waals surface area contributed by atoms with Crippen molar-refractivity contribution in [3.63, 3.8) is 0 Å². The molecule has 2 saturated carbocycles. The fourth-order valence-electron chi connectivity index (χ4n) is 2.92. The summed E-state index contributed by atoms with van der Waals surface area (Å²) < 4.78 is 0. The first kappa shape index (κ1) is 14.3. The second-order valence-electron chi connectivity index (χ2n) is 5.85. The van der Waals surface area contributed by atoms with E-state index >= 15 is 0 Å². The van der Waals surface area contributed by atoms with Crippen LogP contribution in [-0.4, -0.2) is 47.1 Å². The summed E-state index contributed by atoms with van der Waals surface area (Å²) in [7, 11) is 0. The van der Waals surface area contributed by atoms with Crippen LogP contribution >= 0.6 is 0 Å². The number of nitrogens with zero attached hydrogens (tertiary/aromatic N) is 1. The minimum atomic E-state index is -0.778. The molecule has 0 aliphatic heterocycles. The van der Waals surface area contributed by atoms with Crippen molar-refractivity contribution < 1.29 is 14.7 Å². The molecule has 1 amide bonds. The molecule has 0 aromatic carbocycles. The second-order valence-corrected chi connectivity index (χ2v) is 5.85. The second kappa shape index (κ2) is 6.37. The van der Waals surface area contributed by atoms with Gasteiger partial charge in [-0.15, -0.1) is 0 Å². The molecule has 2 rings (SSSR count). The van der Waals surface area contributed by atoms with Crippen molar-refractivity contribution in [2.75, 3.05) is 13.1 Å². The molecule has 5 nitrogen and oxygen atoms in total. The average molecular weight is 268 g/mol. The van der Waals surface area contributed by atoms with Gasteiger partial charge in [-0.2, -0.15) is 0 Å². The zero-order chi connectivity index (χ0) is 13.8. The number of amides is 1. The number of carboxylic acids is 1. The first-order valence-corrected chi connectivity index (χ1v) is 7.33. The van der Waals surface area contributed by atoms with Gasteiger partial charge in [0.15, 0.2) is 0 Å². The molecule has 5 heteroatoms. The molecule has 2 aliphatic rings. The Labute approximate surface area is 114 Å². The monoisotopic (exact) mass is 268 g/mol. The van der Waals surface area contributed by atoms with E-state index in [1.807, 2.05) is 11.8 Å². The zero-order valence-corrected chi connectivity index (χ0v) is 11.6. The van der Waals surface area contributed by atoms with Gasteiger partial charge < -0.3 is 10.4 Å². The van der Waals surface area contributed by atoms with E-state index in [0.717, 1.165) is 19.4 Å². The van der Waals surface area contributed by atoms with Crippen LogP contribution in [-0.2, 0) is 9.59 Å². The van der Waals surface area contributed by atoms with Crippen molar-refractivity contribution in [2.45, 2.75) is 57.5 Å². The summed E-state index contributed by atoms with van der Waals surface area (Å²) in [6.45, 7) is 2.83. The summed E-state index contributed by atoms with van der Waals surface area (Å²) in [5.74, 6) is 0.00350. The van der Waals surface area contributed by atoms with Gasteiger partial charge in [-0.05, 0) is 38.1 Å². The largest absolute Gasteiger partial charge is 0.480 e. The van der Waals surface area contributed by atoms with E-state index in [2.05, 4.69) is 5.32 Å². The van der Waals surface area contributed by atoms with Gasteiger partial charge in [0.05, 0.1) is 6.54 Å². The number of hydrogen-bond donors (Lipinski definition) is 2. The maximum absolute atomic E-state index is 11.8. The van der Waals surface area contributed by atoms with E-state index in [0.29, 0.717) is 18.4 Å². The molecular weight excluding hydrogens is 244 g/mol. The Hall–Kier alpha value is -1.10.